The van der Waals surface area contributed by atoms with Gasteiger partial charge in [0, 0.05) is 19.0 Å². The van der Waals surface area contributed by atoms with Crippen LogP contribution in [0.3, 0.4) is 0 Å². The summed E-state index contributed by atoms with van der Waals surface area (Å²) in [5.74, 6) is -4.22. The zero-order valence-electron chi connectivity index (χ0n) is 9.50. The Labute approximate surface area is 101 Å². The van der Waals surface area contributed by atoms with Crippen LogP contribution in [0.4, 0.5) is 14.5 Å². The molecule has 1 aliphatic heterocycles. The van der Waals surface area contributed by atoms with Gasteiger partial charge in [0.25, 0.3) is 11.7 Å². The Morgan fingerprint density at radius 3 is 2.44 bits per heavy atom. The largest absolute Gasteiger partial charge is 0.304 e. The van der Waals surface area contributed by atoms with Gasteiger partial charge >= 0.3 is 0 Å². The Balaban J connectivity index is 2.41. The van der Waals surface area contributed by atoms with Crippen molar-refractivity contribution < 1.29 is 23.2 Å². The van der Waals surface area contributed by atoms with Crippen LogP contribution in [0.25, 0.3) is 0 Å². The highest BCUT2D eigenvalue weighted by atomic mass is 19.2. The number of hydrogen-bond acceptors (Lipinski definition) is 3. The van der Waals surface area contributed by atoms with Crippen molar-refractivity contribution in [1.29, 1.82) is 0 Å². The molecule has 0 aromatic heterocycles. The van der Waals surface area contributed by atoms with Crippen molar-refractivity contribution in [3.8, 4) is 0 Å². The van der Waals surface area contributed by atoms with E-state index >= 15 is 0 Å². The lowest BCUT2D eigenvalue weighted by Crippen LogP contribution is -2.31. The number of Topliss-reactive ketones (excluding diaryl/α,β-unsaturated/α-hetero) is 2. The molecule has 0 N–H and O–H groups in total. The van der Waals surface area contributed by atoms with Crippen molar-refractivity contribution in [3.05, 3.63) is 29.3 Å². The van der Waals surface area contributed by atoms with Gasteiger partial charge in [-0.25, -0.2) is 8.78 Å². The predicted octanol–water partition coefficient (Wildman–Crippen LogP) is 1.47. The molecule has 0 fully saturated rings. The third kappa shape index (κ3) is 1.90. The molecule has 18 heavy (non-hydrogen) atoms. The number of anilines is 1. The fourth-order valence-corrected chi connectivity index (χ4v) is 1.78. The molecule has 2 rings (SSSR count). The highest BCUT2D eigenvalue weighted by molar-refractivity contribution is 6.52. The third-order valence-electron chi connectivity index (χ3n) is 2.70. The SMILES string of the molecule is CC(=O)CCN1C(=O)C(=O)c2cc(F)c(F)cc21. The third-order valence-corrected chi connectivity index (χ3v) is 2.70. The van der Waals surface area contributed by atoms with Crippen molar-refractivity contribution in [2.45, 2.75) is 13.3 Å². The molecular weight excluding hydrogens is 244 g/mol. The molecule has 0 saturated carbocycles. The van der Waals surface area contributed by atoms with Gasteiger partial charge in [-0.15, -0.1) is 0 Å². The molecule has 1 amide bonds. The molecule has 0 atom stereocenters. The zero-order valence-corrected chi connectivity index (χ0v) is 9.50. The van der Waals surface area contributed by atoms with E-state index in [0.29, 0.717) is 6.07 Å². The number of rotatable bonds is 3. The maximum atomic E-state index is 13.1. The first kappa shape index (κ1) is 12.3. The van der Waals surface area contributed by atoms with E-state index in [2.05, 4.69) is 0 Å². The quantitative estimate of drug-likeness (QED) is 0.766. The summed E-state index contributed by atoms with van der Waals surface area (Å²) < 4.78 is 26.1. The second-order valence-electron chi connectivity index (χ2n) is 4.02. The zero-order chi connectivity index (χ0) is 13.4. The van der Waals surface area contributed by atoms with Crippen LogP contribution in [0.15, 0.2) is 12.1 Å². The molecule has 6 heteroatoms. The summed E-state index contributed by atoms with van der Waals surface area (Å²) in [4.78, 5) is 35.0. The fraction of sp³-hybridized carbons (Fsp3) is 0.250. The Morgan fingerprint density at radius 2 is 1.83 bits per heavy atom. The van der Waals surface area contributed by atoms with Gasteiger partial charge in [-0.2, -0.15) is 0 Å². The predicted molar refractivity (Wildman–Crippen MR) is 58.3 cm³/mol. The molecule has 1 aromatic rings. The number of nitrogens with zero attached hydrogens (tertiary/aromatic N) is 1. The molecule has 1 aliphatic rings. The highest BCUT2D eigenvalue weighted by Crippen LogP contribution is 2.30. The topological polar surface area (TPSA) is 54.5 Å². The average molecular weight is 253 g/mol. The molecule has 94 valence electrons. The molecule has 0 bridgehead atoms. The Bertz CT molecular complexity index is 569. The maximum absolute atomic E-state index is 13.1. The van der Waals surface area contributed by atoms with E-state index in [1.165, 1.54) is 6.92 Å². The van der Waals surface area contributed by atoms with Crippen molar-refractivity contribution in [1.82, 2.24) is 0 Å². The van der Waals surface area contributed by atoms with Gasteiger partial charge < -0.3 is 4.90 Å². The lowest BCUT2D eigenvalue weighted by atomic mass is 10.1. The second-order valence-corrected chi connectivity index (χ2v) is 4.02. The molecule has 0 saturated heterocycles. The summed E-state index contributed by atoms with van der Waals surface area (Å²) in [6, 6.07) is 1.51. The van der Waals surface area contributed by atoms with Gasteiger partial charge in [0.1, 0.15) is 5.78 Å². The molecule has 1 aromatic carbocycles. The van der Waals surface area contributed by atoms with Crippen LogP contribution in [-0.4, -0.2) is 24.0 Å². The Hall–Kier alpha value is -2.11. The second kappa shape index (κ2) is 4.29. The first-order chi connectivity index (χ1) is 8.41. The molecule has 0 aliphatic carbocycles. The summed E-state index contributed by atoms with van der Waals surface area (Å²) in [5, 5.41) is 0. The summed E-state index contributed by atoms with van der Waals surface area (Å²) in [6.07, 6.45) is 0.0530. The van der Waals surface area contributed by atoms with Crippen LogP contribution in [0.5, 0.6) is 0 Å². The molecule has 4 nitrogen and oxygen atoms in total. The summed E-state index contributed by atoms with van der Waals surface area (Å²) in [7, 11) is 0. The van der Waals surface area contributed by atoms with Crippen LogP contribution in [-0.2, 0) is 9.59 Å². The van der Waals surface area contributed by atoms with Crippen LogP contribution in [0.2, 0.25) is 0 Å². The van der Waals surface area contributed by atoms with Crippen molar-refractivity contribution in [3.63, 3.8) is 0 Å². The van der Waals surface area contributed by atoms with Gasteiger partial charge in [0.05, 0.1) is 11.3 Å². The minimum atomic E-state index is -1.18. The van der Waals surface area contributed by atoms with Crippen LogP contribution >= 0.6 is 0 Å². The van der Waals surface area contributed by atoms with Crippen molar-refractivity contribution in [2.24, 2.45) is 0 Å². The molecule has 1 heterocycles. The number of carbonyl (C=O) groups excluding carboxylic acids is 3. The highest BCUT2D eigenvalue weighted by Gasteiger charge is 2.36. The number of ketones is 2. The van der Waals surface area contributed by atoms with E-state index in [1.807, 2.05) is 0 Å². The maximum Gasteiger partial charge on any atom is 0.299 e. The Kier molecular flexibility index (Phi) is 2.94. The molecule has 0 radical (unpaired) electrons. The standard InChI is InChI=1S/C12H9F2NO3/c1-6(16)2-3-15-10-5-9(14)8(13)4-7(10)11(17)12(15)18/h4-5H,2-3H2,1H3. The van der Waals surface area contributed by atoms with Gasteiger partial charge in [-0.1, -0.05) is 0 Å². The van der Waals surface area contributed by atoms with E-state index in [1.54, 1.807) is 0 Å². The first-order valence-electron chi connectivity index (χ1n) is 5.26. The first-order valence-corrected chi connectivity index (χ1v) is 5.26. The smallest absolute Gasteiger partial charge is 0.299 e. The summed E-state index contributed by atoms with van der Waals surface area (Å²) in [6.45, 7) is 1.33. The van der Waals surface area contributed by atoms with E-state index in [-0.39, 0.29) is 30.0 Å². The van der Waals surface area contributed by atoms with E-state index in [4.69, 9.17) is 0 Å². The molecular formula is C12H9F2NO3. The number of hydrogen-bond donors (Lipinski definition) is 0. The molecule has 0 spiro atoms. The number of carbonyl (C=O) groups is 3. The van der Waals surface area contributed by atoms with Gasteiger partial charge in [0.15, 0.2) is 11.6 Å². The number of benzene rings is 1. The monoisotopic (exact) mass is 253 g/mol. The normalized spacial score (nSPS) is 14.1. The lowest BCUT2D eigenvalue weighted by molar-refractivity contribution is -0.117. The number of fused-ring (bicyclic) bond motifs is 1. The number of amides is 1. The van der Waals surface area contributed by atoms with Crippen LogP contribution in [0.1, 0.15) is 23.7 Å². The van der Waals surface area contributed by atoms with Gasteiger partial charge in [0.2, 0.25) is 0 Å². The Morgan fingerprint density at radius 1 is 1.22 bits per heavy atom. The molecule has 0 unspecified atom stereocenters. The van der Waals surface area contributed by atoms with Crippen molar-refractivity contribution >= 4 is 23.2 Å². The van der Waals surface area contributed by atoms with Gasteiger partial charge in [-0.05, 0) is 13.0 Å². The van der Waals surface area contributed by atoms with Crippen molar-refractivity contribution in [2.75, 3.05) is 11.4 Å². The minimum Gasteiger partial charge on any atom is -0.304 e. The van der Waals surface area contributed by atoms with Crippen LogP contribution < -0.4 is 4.90 Å². The van der Waals surface area contributed by atoms with E-state index in [9.17, 15) is 23.2 Å². The number of halogens is 2. The summed E-state index contributed by atoms with van der Waals surface area (Å²) >= 11 is 0. The van der Waals surface area contributed by atoms with Gasteiger partial charge in [-0.3, -0.25) is 14.4 Å². The van der Waals surface area contributed by atoms with E-state index in [0.717, 1.165) is 11.0 Å². The van der Waals surface area contributed by atoms with E-state index < -0.39 is 23.3 Å². The fourth-order valence-electron chi connectivity index (χ4n) is 1.78. The minimum absolute atomic E-state index is 0.0159. The summed E-state index contributed by atoms with van der Waals surface area (Å²) in [5.41, 5.74) is -0.146. The lowest BCUT2D eigenvalue weighted by Gasteiger charge is -2.15. The average Bonchev–Trinajstić information content (AvgIpc) is 2.51. The van der Waals surface area contributed by atoms with Crippen LogP contribution in [0, 0.1) is 11.6 Å².